The molecule has 96 valence electrons. The van der Waals surface area contributed by atoms with Crippen molar-refractivity contribution in [1.82, 2.24) is 0 Å². The summed E-state index contributed by atoms with van der Waals surface area (Å²) in [6, 6.07) is 3.72. The van der Waals surface area contributed by atoms with Gasteiger partial charge in [0.25, 0.3) is 0 Å². The van der Waals surface area contributed by atoms with Gasteiger partial charge in [-0.2, -0.15) is 0 Å². The fourth-order valence-corrected chi connectivity index (χ4v) is 1.88. The smallest absolute Gasteiger partial charge is 0.129 e. The Morgan fingerprint density at radius 2 is 1.71 bits per heavy atom. The van der Waals surface area contributed by atoms with Crippen molar-refractivity contribution >= 4 is 0 Å². The van der Waals surface area contributed by atoms with Crippen LogP contribution in [0.15, 0.2) is 18.2 Å². The third kappa shape index (κ3) is 3.48. The number of halogens is 2. The average Bonchev–Trinajstić information content (AvgIpc) is 2.26. The maximum absolute atomic E-state index is 13.6. The summed E-state index contributed by atoms with van der Waals surface area (Å²) in [5.41, 5.74) is -0.00491. The van der Waals surface area contributed by atoms with Gasteiger partial charge in [0, 0.05) is 5.56 Å². The minimum atomic E-state index is -0.973. The number of hydrogen-bond acceptors (Lipinski definition) is 2. The van der Waals surface area contributed by atoms with E-state index in [1.54, 1.807) is 6.92 Å². The van der Waals surface area contributed by atoms with E-state index in [4.69, 9.17) is 0 Å². The van der Waals surface area contributed by atoms with Crippen molar-refractivity contribution in [1.29, 1.82) is 0 Å². The first-order chi connectivity index (χ1) is 7.97. The largest absolute Gasteiger partial charge is 0.391 e. The lowest BCUT2D eigenvalue weighted by Gasteiger charge is -2.21. The van der Waals surface area contributed by atoms with Crippen molar-refractivity contribution in [3.63, 3.8) is 0 Å². The zero-order valence-corrected chi connectivity index (χ0v) is 10.0. The van der Waals surface area contributed by atoms with Crippen LogP contribution in [0.4, 0.5) is 8.78 Å². The van der Waals surface area contributed by atoms with E-state index < -0.39 is 29.8 Å². The summed E-state index contributed by atoms with van der Waals surface area (Å²) >= 11 is 0. The Hall–Kier alpha value is -1.00. The van der Waals surface area contributed by atoms with E-state index in [1.807, 2.05) is 0 Å². The lowest BCUT2D eigenvalue weighted by Crippen LogP contribution is -2.25. The molecule has 0 amide bonds. The van der Waals surface area contributed by atoms with Crippen LogP contribution in [0.1, 0.15) is 38.2 Å². The summed E-state index contributed by atoms with van der Waals surface area (Å²) in [7, 11) is 0. The van der Waals surface area contributed by atoms with Gasteiger partial charge in [0.1, 0.15) is 11.6 Å². The SMILES string of the molecule is CCC(CC(O)C(C)O)c1c(F)cccc1F. The van der Waals surface area contributed by atoms with E-state index in [0.29, 0.717) is 6.42 Å². The molecule has 0 saturated heterocycles. The highest BCUT2D eigenvalue weighted by atomic mass is 19.1. The van der Waals surface area contributed by atoms with Crippen LogP contribution in [0, 0.1) is 11.6 Å². The van der Waals surface area contributed by atoms with Crippen LogP contribution in [0.2, 0.25) is 0 Å². The quantitative estimate of drug-likeness (QED) is 0.835. The Kier molecular flexibility index (Phi) is 5.02. The molecule has 0 radical (unpaired) electrons. The zero-order valence-electron chi connectivity index (χ0n) is 10.0. The van der Waals surface area contributed by atoms with Gasteiger partial charge in [0.2, 0.25) is 0 Å². The van der Waals surface area contributed by atoms with Gasteiger partial charge in [-0.15, -0.1) is 0 Å². The molecular formula is C13H18F2O2. The molecule has 4 heteroatoms. The molecule has 0 spiro atoms. The molecular weight excluding hydrogens is 226 g/mol. The molecule has 2 N–H and O–H groups in total. The van der Waals surface area contributed by atoms with Gasteiger partial charge in [-0.3, -0.25) is 0 Å². The summed E-state index contributed by atoms with van der Waals surface area (Å²) in [5, 5.41) is 18.8. The predicted octanol–water partition coefficient (Wildman–Crippen LogP) is 2.59. The molecule has 0 aliphatic heterocycles. The van der Waals surface area contributed by atoms with Crippen LogP contribution < -0.4 is 0 Å². The highest BCUT2D eigenvalue weighted by Crippen LogP contribution is 2.29. The first-order valence-corrected chi connectivity index (χ1v) is 5.77. The second-order valence-electron chi connectivity index (χ2n) is 4.28. The predicted molar refractivity (Wildman–Crippen MR) is 61.7 cm³/mol. The molecule has 0 aliphatic carbocycles. The molecule has 0 aliphatic rings. The van der Waals surface area contributed by atoms with Crippen molar-refractivity contribution in [2.24, 2.45) is 0 Å². The highest BCUT2D eigenvalue weighted by molar-refractivity contribution is 5.24. The third-order valence-corrected chi connectivity index (χ3v) is 2.98. The fraction of sp³-hybridized carbons (Fsp3) is 0.538. The molecule has 0 aromatic heterocycles. The molecule has 1 aromatic carbocycles. The van der Waals surface area contributed by atoms with E-state index in [-0.39, 0.29) is 12.0 Å². The Morgan fingerprint density at radius 1 is 1.18 bits per heavy atom. The lowest BCUT2D eigenvalue weighted by atomic mass is 9.89. The molecule has 3 unspecified atom stereocenters. The lowest BCUT2D eigenvalue weighted by molar-refractivity contribution is 0.0211. The Labute approximate surface area is 99.9 Å². The van der Waals surface area contributed by atoms with Crippen molar-refractivity contribution < 1.29 is 19.0 Å². The summed E-state index contributed by atoms with van der Waals surface area (Å²) in [6.45, 7) is 3.25. The Balaban J connectivity index is 2.94. The molecule has 1 aromatic rings. The monoisotopic (exact) mass is 244 g/mol. The summed E-state index contributed by atoms with van der Waals surface area (Å²) in [6.07, 6.45) is -1.23. The van der Waals surface area contributed by atoms with E-state index >= 15 is 0 Å². The summed E-state index contributed by atoms with van der Waals surface area (Å²) in [5.74, 6) is -1.63. The molecule has 0 saturated carbocycles. The fourth-order valence-electron chi connectivity index (χ4n) is 1.88. The van der Waals surface area contributed by atoms with E-state index in [0.717, 1.165) is 0 Å². The van der Waals surface area contributed by atoms with Crippen LogP contribution in [0.3, 0.4) is 0 Å². The Morgan fingerprint density at radius 3 is 2.12 bits per heavy atom. The van der Waals surface area contributed by atoms with Gasteiger partial charge in [-0.25, -0.2) is 8.78 Å². The summed E-state index contributed by atoms with van der Waals surface area (Å²) < 4.78 is 27.1. The van der Waals surface area contributed by atoms with Crippen LogP contribution in [0.5, 0.6) is 0 Å². The van der Waals surface area contributed by atoms with Gasteiger partial charge < -0.3 is 10.2 Å². The molecule has 2 nitrogen and oxygen atoms in total. The van der Waals surface area contributed by atoms with Gasteiger partial charge in [-0.1, -0.05) is 13.0 Å². The molecule has 17 heavy (non-hydrogen) atoms. The molecule has 0 bridgehead atoms. The third-order valence-electron chi connectivity index (χ3n) is 2.98. The van der Waals surface area contributed by atoms with Gasteiger partial charge in [0.15, 0.2) is 0 Å². The molecule has 3 atom stereocenters. The number of aliphatic hydroxyl groups is 2. The maximum atomic E-state index is 13.6. The minimum Gasteiger partial charge on any atom is -0.391 e. The topological polar surface area (TPSA) is 40.5 Å². The van der Waals surface area contributed by atoms with Crippen molar-refractivity contribution in [3.8, 4) is 0 Å². The van der Waals surface area contributed by atoms with E-state index in [2.05, 4.69) is 0 Å². The van der Waals surface area contributed by atoms with Crippen LogP contribution in [-0.4, -0.2) is 22.4 Å². The standard InChI is InChI=1S/C13H18F2O2/c1-3-9(7-12(17)8(2)16)13-10(14)5-4-6-11(13)15/h4-6,8-9,12,16-17H,3,7H2,1-2H3. The van der Waals surface area contributed by atoms with E-state index in [1.165, 1.54) is 25.1 Å². The number of hydrogen-bond donors (Lipinski definition) is 2. The molecule has 1 rings (SSSR count). The van der Waals surface area contributed by atoms with Crippen molar-refractivity contribution in [3.05, 3.63) is 35.4 Å². The summed E-state index contributed by atoms with van der Waals surface area (Å²) in [4.78, 5) is 0. The number of benzene rings is 1. The van der Waals surface area contributed by atoms with Gasteiger partial charge in [0.05, 0.1) is 12.2 Å². The second-order valence-corrected chi connectivity index (χ2v) is 4.28. The van der Waals surface area contributed by atoms with Gasteiger partial charge >= 0.3 is 0 Å². The van der Waals surface area contributed by atoms with Crippen LogP contribution in [-0.2, 0) is 0 Å². The van der Waals surface area contributed by atoms with Gasteiger partial charge in [-0.05, 0) is 37.8 Å². The number of aliphatic hydroxyl groups excluding tert-OH is 2. The van der Waals surface area contributed by atoms with Crippen LogP contribution >= 0.6 is 0 Å². The average molecular weight is 244 g/mol. The molecule has 0 fully saturated rings. The van der Waals surface area contributed by atoms with E-state index in [9.17, 15) is 19.0 Å². The minimum absolute atomic E-state index is 0.00491. The van der Waals surface area contributed by atoms with Crippen molar-refractivity contribution in [2.45, 2.75) is 44.8 Å². The first kappa shape index (κ1) is 14.1. The maximum Gasteiger partial charge on any atom is 0.129 e. The normalized spacial score (nSPS) is 16.6. The number of rotatable bonds is 5. The first-order valence-electron chi connectivity index (χ1n) is 5.77. The van der Waals surface area contributed by atoms with Crippen LogP contribution in [0.25, 0.3) is 0 Å². The second kappa shape index (κ2) is 6.07. The Bertz CT molecular complexity index is 346. The highest BCUT2D eigenvalue weighted by Gasteiger charge is 2.23. The van der Waals surface area contributed by atoms with Crippen molar-refractivity contribution in [2.75, 3.05) is 0 Å². The zero-order chi connectivity index (χ0) is 13.0. The molecule has 0 heterocycles.